The van der Waals surface area contributed by atoms with E-state index in [9.17, 15) is 0 Å². The van der Waals surface area contributed by atoms with E-state index >= 15 is 0 Å². The van der Waals surface area contributed by atoms with Gasteiger partial charge in [-0.25, -0.2) is 9.97 Å². The zero-order chi connectivity index (χ0) is 7.68. The van der Waals surface area contributed by atoms with E-state index in [0.717, 1.165) is 5.13 Å². The molecule has 0 fully saturated rings. The second-order valence-corrected chi connectivity index (χ2v) is 3.07. The third-order valence-electron chi connectivity index (χ3n) is 1.13. The largest absolute Gasteiger partial charge is 0.272 e. The molecule has 3 nitrogen and oxygen atoms in total. The summed E-state index contributed by atoms with van der Waals surface area (Å²) in [7, 11) is 0. The molecule has 0 atom stereocenters. The minimum atomic E-state index is 0.507. The lowest BCUT2D eigenvalue weighted by atomic mass is 10.9. The second kappa shape index (κ2) is 2.64. The molecule has 0 N–H and O–H groups in total. The quantitative estimate of drug-likeness (QED) is 0.677. The van der Waals surface area contributed by atoms with E-state index in [1.807, 2.05) is 0 Å². The van der Waals surface area contributed by atoms with Gasteiger partial charge in [-0.05, 0) is 0 Å². The van der Waals surface area contributed by atoms with Gasteiger partial charge >= 0.3 is 0 Å². The Balaban J connectivity index is 2.45. The summed E-state index contributed by atoms with van der Waals surface area (Å²) in [6.07, 6.45) is 6.14. The lowest BCUT2D eigenvalue weighted by Crippen LogP contribution is -1.87. The first kappa shape index (κ1) is 6.82. The molecule has 55 valence electrons. The lowest BCUT2D eigenvalue weighted by molar-refractivity contribution is 1.02. The molecule has 0 saturated carbocycles. The standard InChI is InChI=1S/C6H3ClN3S/c7-5-3-11-6(9-5)10-2-1-8-4-10/h1-3H. The van der Waals surface area contributed by atoms with Gasteiger partial charge in [0.15, 0.2) is 11.5 Å². The van der Waals surface area contributed by atoms with Crippen LogP contribution < -0.4 is 0 Å². The van der Waals surface area contributed by atoms with Crippen LogP contribution in [0, 0.1) is 6.33 Å². The molecular formula is C6H3ClN3S. The van der Waals surface area contributed by atoms with Crippen LogP contribution in [0.3, 0.4) is 0 Å². The van der Waals surface area contributed by atoms with Gasteiger partial charge in [0, 0.05) is 17.8 Å². The van der Waals surface area contributed by atoms with Crippen LogP contribution in [0.5, 0.6) is 0 Å². The van der Waals surface area contributed by atoms with Crippen LogP contribution in [0.4, 0.5) is 0 Å². The molecule has 11 heavy (non-hydrogen) atoms. The summed E-state index contributed by atoms with van der Waals surface area (Å²) >= 11 is 7.08. The van der Waals surface area contributed by atoms with Crippen molar-refractivity contribution < 1.29 is 0 Å². The predicted molar refractivity (Wildman–Crippen MR) is 43.1 cm³/mol. The molecule has 0 aliphatic carbocycles. The molecule has 0 spiro atoms. The van der Waals surface area contributed by atoms with Crippen molar-refractivity contribution in [1.82, 2.24) is 14.5 Å². The summed E-state index contributed by atoms with van der Waals surface area (Å²) < 4.78 is 1.69. The molecular weight excluding hydrogens is 182 g/mol. The van der Waals surface area contributed by atoms with E-state index in [0.29, 0.717) is 5.15 Å². The molecule has 0 unspecified atom stereocenters. The van der Waals surface area contributed by atoms with Gasteiger partial charge in [0.05, 0.1) is 0 Å². The van der Waals surface area contributed by atoms with Crippen LogP contribution in [-0.2, 0) is 0 Å². The molecule has 0 aromatic carbocycles. The first-order valence-corrected chi connectivity index (χ1v) is 4.14. The van der Waals surface area contributed by atoms with Crippen molar-refractivity contribution in [3.8, 4) is 5.13 Å². The van der Waals surface area contributed by atoms with Gasteiger partial charge < -0.3 is 0 Å². The third kappa shape index (κ3) is 1.27. The Morgan fingerprint density at radius 1 is 1.64 bits per heavy atom. The number of halogens is 1. The average Bonchev–Trinajstić information content (AvgIpc) is 2.55. The van der Waals surface area contributed by atoms with Crippen LogP contribution in [0.15, 0.2) is 17.8 Å². The monoisotopic (exact) mass is 184 g/mol. The van der Waals surface area contributed by atoms with Crippen molar-refractivity contribution in [2.24, 2.45) is 0 Å². The smallest absolute Gasteiger partial charge is 0.196 e. The maximum atomic E-state index is 5.63. The topological polar surface area (TPSA) is 30.7 Å². The molecule has 0 bridgehead atoms. The minimum Gasteiger partial charge on any atom is -0.272 e. The Bertz CT molecular complexity index is 340. The normalized spacial score (nSPS) is 10.3. The van der Waals surface area contributed by atoms with Crippen molar-refractivity contribution in [1.29, 1.82) is 0 Å². The number of thiazole rings is 1. The van der Waals surface area contributed by atoms with Crippen molar-refractivity contribution in [3.63, 3.8) is 0 Å². The number of nitrogens with zero attached hydrogens (tertiary/aromatic N) is 3. The highest BCUT2D eigenvalue weighted by atomic mass is 35.5. The van der Waals surface area contributed by atoms with Crippen molar-refractivity contribution in [3.05, 3.63) is 29.3 Å². The molecule has 2 rings (SSSR count). The molecule has 5 heteroatoms. The van der Waals surface area contributed by atoms with E-state index in [1.54, 1.807) is 22.3 Å². The Morgan fingerprint density at radius 3 is 3.09 bits per heavy atom. The van der Waals surface area contributed by atoms with Crippen LogP contribution in [-0.4, -0.2) is 14.5 Å². The SMILES string of the molecule is Clc1csc(-n2[c]ncc2)n1. The molecule has 2 heterocycles. The molecule has 0 aliphatic rings. The van der Waals surface area contributed by atoms with Gasteiger partial charge in [0.2, 0.25) is 0 Å². The summed E-state index contributed by atoms with van der Waals surface area (Å²) in [6, 6.07) is 0. The minimum absolute atomic E-state index is 0.507. The first-order valence-electron chi connectivity index (χ1n) is 2.89. The van der Waals surface area contributed by atoms with E-state index in [4.69, 9.17) is 11.6 Å². The summed E-state index contributed by atoms with van der Waals surface area (Å²) in [5.74, 6) is 0. The Hall–Kier alpha value is -0.870. The summed E-state index contributed by atoms with van der Waals surface area (Å²) in [6.45, 7) is 0. The van der Waals surface area contributed by atoms with Gasteiger partial charge in [-0.1, -0.05) is 11.6 Å². The van der Waals surface area contributed by atoms with Crippen LogP contribution >= 0.6 is 22.9 Å². The predicted octanol–water partition coefficient (Wildman–Crippen LogP) is 1.78. The fourth-order valence-corrected chi connectivity index (χ4v) is 1.58. The Morgan fingerprint density at radius 2 is 2.55 bits per heavy atom. The molecule has 2 aromatic heterocycles. The van der Waals surface area contributed by atoms with Gasteiger partial charge in [0.1, 0.15) is 5.15 Å². The Kier molecular flexibility index (Phi) is 1.63. The number of hydrogen-bond donors (Lipinski definition) is 0. The van der Waals surface area contributed by atoms with Crippen LogP contribution in [0.25, 0.3) is 5.13 Å². The van der Waals surface area contributed by atoms with E-state index in [1.165, 1.54) is 11.3 Å². The Labute approximate surface area is 72.3 Å². The van der Waals surface area contributed by atoms with Gasteiger partial charge in [0.25, 0.3) is 0 Å². The number of rotatable bonds is 1. The van der Waals surface area contributed by atoms with Gasteiger partial charge in [-0.15, -0.1) is 11.3 Å². The maximum absolute atomic E-state index is 5.63. The fourth-order valence-electron chi connectivity index (χ4n) is 0.691. The summed E-state index contributed by atoms with van der Waals surface area (Å²) in [4.78, 5) is 7.80. The fraction of sp³-hybridized carbons (Fsp3) is 0. The number of hydrogen-bond acceptors (Lipinski definition) is 3. The van der Waals surface area contributed by atoms with E-state index < -0.39 is 0 Å². The van der Waals surface area contributed by atoms with Crippen molar-refractivity contribution in [2.45, 2.75) is 0 Å². The summed E-state index contributed by atoms with van der Waals surface area (Å²) in [5.41, 5.74) is 0. The highest BCUT2D eigenvalue weighted by Crippen LogP contribution is 2.17. The van der Waals surface area contributed by atoms with Gasteiger partial charge in [-0.2, -0.15) is 0 Å². The zero-order valence-electron chi connectivity index (χ0n) is 5.36. The van der Waals surface area contributed by atoms with E-state index in [2.05, 4.69) is 16.3 Å². The van der Waals surface area contributed by atoms with Crippen molar-refractivity contribution >= 4 is 22.9 Å². The van der Waals surface area contributed by atoms with Crippen LogP contribution in [0.1, 0.15) is 0 Å². The molecule has 0 amide bonds. The number of aromatic nitrogens is 3. The maximum Gasteiger partial charge on any atom is 0.196 e. The first-order chi connectivity index (χ1) is 5.36. The lowest BCUT2D eigenvalue weighted by Gasteiger charge is -1.89. The molecule has 2 aromatic rings. The molecule has 1 radical (unpaired) electrons. The average molecular weight is 185 g/mol. The second-order valence-electron chi connectivity index (χ2n) is 1.85. The number of imidazole rings is 1. The third-order valence-corrected chi connectivity index (χ3v) is 2.29. The van der Waals surface area contributed by atoms with Crippen LogP contribution in [0.2, 0.25) is 5.15 Å². The molecule has 0 aliphatic heterocycles. The van der Waals surface area contributed by atoms with E-state index in [-0.39, 0.29) is 0 Å². The summed E-state index contributed by atoms with van der Waals surface area (Å²) in [5, 5.41) is 3.06. The van der Waals surface area contributed by atoms with Gasteiger partial charge in [-0.3, -0.25) is 4.57 Å². The molecule has 0 saturated heterocycles. The van der Waals surface area contributed by atoms with Crippen molar-refractivity contribution in [2.75, 3.05) is 0 Å². The highest BCUT2D eigenvalue weighted by molar-refractivity contribution is 7.12. The highest BCUT2D eigenvalue weighted by Gasteiger charge is 2.00. The zero-order valence-corrected chi connectivity index (χ0v) is 6.93.